The fourth-order valence-corrected chi connectivity index (χ4v) is 1.81. The van der Waals surface area contributed by atoms with Crippen LogP contribution in [0.4, 0.5) is 0 Å². The average Bonchev–Trinajstić information content (AvgIpc) is 2.45. The molecule has 20 heavy (non-hydrogen) atoms. The molecule has 0 fully saturated rings. The lowest BCUT2D eigenvalue weighted by Crippen LogP contribution is -1.93. The van der Waals surface area contributed by atoms with Crippen LogP contribution in [0, 0.1) is 0 Å². The van der Waals surface area contributed by atoms with Gasteiger partial charge >= 0.3 is 5.97 Å². The highest BCUT2D eigenvalue weighted by atomic mass is 16.4. The maximum absolute atomic E-state index is 10.3. The molecule has 0 saturated carbocycles. The second kappa shape index (κ2) is 15.7. The molecule has 2 heteroatoms. The fourth-order valence-electron chi connectivity index (χ4n) is 1.81. The maximum Gasteiger partial charge on any atom is 0.303 e. The molecule has 2 nitrogen and oxygen atoms in total. The van der Waals surface area contributed by atoms with Gasteiger partial charge in [-0.05, 0) is 38.5 Å². The highest BCUT2D eigenvalue weighted by Gasteiger charge is 1.95. The van der Waals surface area contributed by atoms with Gasteiger partial charge < -0.3 is 5.11 Å². The van der Waals surface area contributed by atoms with Crippen LogP contribution >= 0.6 is 0 Å². The Kier molecular flexibility index (Phi) is 13.2. The molecule has 0 radical (unpaired) electrons. The minimum atomic E-state index is -0.697. The van der Waals surface area contributed by atoms with Gasteiger partial charge in [0.25, 0.3) is 0 Å². The topological polar surface area (TPSA) is 37.3 Å². The van der Waals surface area contributed by atoms with E-state index in [0.29, 0.717) is 6.42 Å². The maximum atomic E-state index is 10.3. The SMILES string of the molecule is [2H]C(/C=C\C/C=C\CC)/C=C\CCCCCCCC(=O)O. The first-order valence-electron chi connectivity index (χ1n) is 8.37. The summed E-state index contributed by atoms with van der Waals surface area (Å²) >= 11 is 0. The first-order valence-corrected chi connectivity index (χ1v) is 7.79. The quantitative estimate of drug-likeness (QED) is 0.349. The van der Waals surface area contributed by atoms with E-state index in [1.54, 1.807) is 0 Å². The third-order valence-corrected chi connectivity index (χ3v) is 2.93. The van der Waals surface area contributed by atoms with E-state index >= 15 is 0 Å². The van der Waals surface area contributed by atoms with Crippen LogP contribution in [0.1, 0.15) is 72.5 Å². The van der Waals surface area contributed by atoms with Crippen LogP contribution in [0.25, 0.3) is 0 Å². The van der Waals surface area contributed by atoms with Crippen LogP contribution in [-0.4, -0.2) is 11.1 Å². The summed E-state index contributed by atoms with van der Waals surface area (Å²) in [4.78, 5) is 10.3. The van der Waals surface area contributed by atoms with Gasteiger partial charge in [0.2, 0.25) is 0 Å². The van der Waals surface area contributed by atoms with Crippen molar-refractivity contribution in [3.05, 3.63) is 36.5 Å². The van der Waals surface area contributed by atoms with Crippen LogP contribution in [0.2, 0.25) is 0 Å². The molecule has 0 saturated heterocycles. The molecule has 0 spiro atoms. The molecule has 0 bridgehead atoms. The first-order chi connectivity index (χ1) is 10.2. The number of rotatable bonds is 13. The van der Waals surface area contributed by atoms with E-state index < -0.39 is 5.97 Å². The van der Waals surface area contributed by atoms with Crippen molar-refractivity contribution in [1.29, 1.82) is 0 Å². The van der Waals surface area contributed by atoms with Crippen molar-refractivity contribution >= 4 is 5.97 Å². The van der Waals surface area contributed by atoms with Gasteiger partial charge in [-0.25, -0.2) is 0 Å². The second-order valence-corrected chi connectivity index (χ2v) is 4.86. The van der Waals surface area contributed by atoms with Crippen LogP contribution < -0.4 is 0 Å². The van der Waals surface area contributed by atoms with Crippen molar-refractivity contribution < 1.29 is 11.3 Å². The zero-order chi connectivity index (χ0) is 15.8. The van der Waals surface area contributed by atoms with Crippen molar-refractivity contribution in [1.82, 2.24) is 0 Å². The van der Waals surface area contributed by atoms with E-state index in [2.05, 4.69) is 25.2 Å². The highest BCUT2D eigenvalue weighted by Crippen LogP contribution is 2.07. The molecule has 0 amide bonds. The molecule has 0 aliphatic carbocycles. The molecule has 0 aromatic rings. The smallest absolute Gasteiger partial charge is 0.303 e. The predicted molar refractivity (Wildman–Crippen MR) is 86.9 cm³/mol. The molecule has 0 aliphatic rings. The number of carboxylic acid groups (broad SMARTS) is 1. The predicted octanol–water partition coefficient (Wildman–Crippen LogP) is 5.66. The summed E-state index contributed by atoms with van der Waals surface area (Å²) in [6.45, 7) is 2.11. The van der Waals surface area contributed by atoms with Crippen LogP contribution in [0.3, 0.4) is 0 Å². The minimum Gasteiger partial charge on any atom is -0.481 e. The summed E-state index contributed by atoms with van der Waals surface area (Å²) in [7, 11) is 0. The number of carboxylic acids is 1. The third-order valence-electron chi connectivity index (χ3n) is 2.93. The third kappa shape index (κ3) is 16.7. The number of hydrogen-bond donors (Lipinski definition) is 1. The van der Waals surface area contributed by atoms with Crippen molar-refractivity contribution in [2.45, 2.75) is 71.1 Å². The van der Waals surface area contributed by atoms with Crippen molar-refractivity contribution in [2.75, 3.05) is 0 Å². The lowest BCUT2D eigenvalue weighted by atomic mass is 10.1. The zero-order valence-electron chi connectivity index (χ0n) is 13.8. The summed E-state index contributed by atoms with van der Waals surface area (Å²) in [6.07, 6.45) is 20.4. The van der Waals surface area contributed by atoms with Crippen LogP contribution in [0.15, 0.2) is 36.5 Å². The van der Waals surface area contributed by atoms with E-state index in [1.807, 2.05) is 18.2 Å². The largest absolute Gasteiger partial charge is 0.481 e. The molecular formula is C18H30O2. The average molecular weight is 279 g/mol. The summed E-state index contributed by atoms with van der Waals surface area (Å²) in [5, 5.41) is 8.51. The number of aliphatic carboxylic acids is 1. The van der Waals surface area contributed by atoms with Gasteiger partial charge in [0.15, 0.2) is 0 Å². The summed E-state index contributed by atoms with van der Waals surface area (Å²) < 4.78 is 7.81. The molecule has 0 aromatic heterocycles. The van der Waals surface area contributed by atoms with E-state index in [9.17, 15) is 4.79 Å². The first kappa shape index (κ1) is 16.7. The van der Waals surface area contributed by atoms with E-state index in [-0.39, 0.29) is 6.40 Å². The van der Waals surface area contributed by atoms with Crippen LogP contribution in [-0.2, 0) is 4.79 Å². The minimum absolute atomic E-state index is 0.240. The van der Waals surface area contributed by atoms with E-state index in [0.717, 1.165) is 51.4 Å². The fraction of sp³-hybridized carbons (Fsp3) is 0.611. The number of allylic oxidation sites excluding steroid dienone is 6. The molecule has 114 valence electrons. The Morgan fingerprint density at radius 1 is 0.950 bits per heavy atom. The molecular weight excluding hydrogens is 248 g/mol. The Morgan fingerprint density at radius 3 is 2.35 bits per heavy atom. The highest BCUT2D eigenvalue weighted by molar-refractivity contribution is 5.66. The Labute approximate surface area is 125 Å². The van der Waals surface area contributed by atoms with Gasteiger partial charge in [-0.15, -0.1) is 0 Å². The monoisotopic (exact) mass is 279 g/mol. The Bertz CT molecular complexity index is 332. The van der Waals surface area contributed by atoms with E-state index in [1.165, 1.54) is 0 Å². The van der Waals surface area contributed by atoms with Crippen molar-refractivity contribution in [3.8, 4) is 0 Å². The van der Waals surface area contributed by atoms with Gasteiger partial charge in [-0.1, -0.05) is 62.6 Å². The van der Waals surface area contributed by atoms with Gasteiger partial charge in [0.1, 0.15) is 0 Å². The van der Waals surface area contributed by atoms with Crippen molar-refractivity contribution in [2.24, 2.45) is 0 Å². The molecule has 0 aliphatic heterocycles. The molecule has 1 atom stereocenters. The lowest BCUT2D eigenvalue weighted by molar-refractivity contribution is -0.137. The second-order valence-electron chi connectivity index (χ2n) is 4.86. The summed E-state index contributed by atoms with van der Waals surface area (Å²) in [6, 6.07) is 0. The molecule has 0 heterocycles. The lowest BCUT2D eigenvalue weighted by Gasteiger charge is -1.98. The summed E-state index contributed by atoms with van der Waals surface area (Å²) in [5.41, 5.74) is 0. The normalized spacial score (nSPS) is 14.3. The van der Waals surface area contributed by atoms with Crippen molar-refractivity contribution in [3.63, 3.8) is 0 Å². The van der Waals surface area contributed by atoms with Gasteiger partial charge in [0.05, 0.1) is 0 Å². The Balaban J connectivity index is 3.45. The molecule has 1 N–H and O–H groups in total. The summed E-state index contributed by atoms with van der Waals surface area (Å²) in [5.74, 6) is -0.697. The van der Waals surface area contributed by atoms with Crippen LogP contribution in [0.5, 0.6) is 0 Å². The van der Waals surface area contributed by atoms with Gasteiger partial charge in [0, 0.05) is 7.79 Å². The standard InChI is InChI=1S/C18H30O2/c1-2-3-4-5-6-7-8-9-10-11-12-13-14-15-16-17-18(19)20/h3-4,6-7,9-10H,2,5,8,11-17H2,1H3,(H,19,20)/b4-3-,7-6-,10-9-/i8D. The number of carbonyl (C=O) groups is 1. The number of hydrogen-bond acceptors (Lipinski definition) is 1. The Hall–Kier alpha value is -1.31. The number of unbranched alkanes of at least 4 members (excludes halogenated alkanes) is 5. The van der Waals surface area contributed by atoms with Gasteiger partial charge in [-0.2, -0.15) is 0 Å². The zero-order valence-corrected chi connectivity index (χ0v) is 12.8. The van der Waals surface area contributed by atoms with Gasteiger partial charge in [-0.3, -0.25) is 4.79 Å². The van der Waals surface area contributed by atoms with E-state index in [4.69, 9.17) is 6.48 Å². The molecule has 1 unspecified atom stereocenters. The molecule has 0 aromatic carbocycles. The molecule has 0 rings (SSSR count). The Morgan fingerprint density at radius 2 is 1.60 bits per heavy atom.